The van der Waals surface area contributed by atoms with Crippen LogP contribution in [0.2, 0.25) is 5.02 Å². The van der Waals surface area contributed by atoms with Crippen LogP contribution in [0.25, 0.3) is 11.0 Å². The third-order valence-electron chi connectivity index (χ3n) is 5.28. The second-order valence-corrected chi connectivity index (χ2v) is 9.54. The Bertz CT molecular complexity index is 1150. The molecule has 0 atom stereocenters. The fraction of sp³-hybridized carbons (Fsp3) is 0.300. The molecule has 0 saturated carbocycles. The SMILES string of the molecule is CS(=O)(=O)c1cc(Cl)ccc1C(=O)N1CCC(c2c[nH]c3ncccc23)CC1. The number of H-pyrrole nitrogens is 1. The summed E-state index contributed by atoms with van der Waals surface area (Å²) in [6, 6.07) is 8.37. The average molecular weight is 418 g/mol. The summed E-state index contributed by atoms with van der Waals surface area (Å²) in [4.78, 5) is 22.2. The number of nitrogens with one attached hydrogen (secondary N) is 1. The van der Waals surface area contributed by atoms with Crippen molar-refractivity contribution in [1.82, 2.24) is 14.9 Å². The van der Waals surface area contributed by atoms with Crippen LogP contribution in [0.15, 0.2) is 47.6 Å². The van der Waals surface area contributed by atoms with E-state index < -0.39 is 9.84 Å². The summed E-state index contributed by atoms with van der Waals surface area (Å²) in [7, 11) is -3.55. The first-order valence-corrected chi connectivity index (χ1v) is 11.3. The van der Waals surface area contributed by atoms with Gasteiger partial charge < -0.3 is 9.88 Å². The molecule has 2 aromatic heterocycles. The van der Waals surface area contributed by atoms with Gasteiger partial charge in [0.15, 0.2) is 9.84 Å². The van der Waals surface area contributed by atoms with Gasteiger partial charge in [-0.3, -0.25) is 4.79 Å². The molecule has 146 valence electrons. The molecule has 0 aliphatic carbocycles. The van der Waals surface area contributed by atoms with Gasteiger partial charge in [0.05, 0.1) is 10.5 Å². The van der Waals surface area contributed by atoms with Crippen molar-refractivity contribution in [1.29, 1.82) is 0 Å². The van der Waals surface area contributed by atoms with E-state index in [9.17, 15) is 13.2 Å². The lowest BCUT2D eigenvalue weighted by Crippen LogP contribution is -2.38. The Morgan fingerprint density at radius 2 is 2.00 bits per heavy atom. The molecule has 28 heavy (non-hydrogen) atoms. The summed E-state index contributed by atoms with van der Waals surface area (Å²) in [6.45, 7) is 1.14. The maximum absolute atomic E-state index is 13.0. The molecular formula is C20H20ClN3O3S. The highest BCUT2D eigenvalue weighted by molar-refractivity contribution is 7.90. The summed E-state index contributed by atoms with van der Waals surface area (Å²) < 4.78 is 24.2. The predicted octanol–water partition coefficient (Wildman–Crippen LogP) is 3.64. The van der Waals surface area contributed by atoms with Crippen LogP contribution in [-0.4, -0.2) is 48.5 Å². The van der Waals surface area contributed by atoms with Crippen molar-refractivity contribution >= 4 is 38.4 Å². The Kier molecular flexibility index (Phi) is 4.89. The molecule has 0 radical (unpaired) electrons. The standard InChI is InChI=1S/C20H20ClN3O3S/c1-28(26,27)18-11-14(21)4-5-16(18)20(25)24-9-6-13(7-10-24)17-12-23-19-15(17)3-2-8-22-19/h2-5,8,11-13H,6-7,9-10H2,1H3,(H,22,23). The van der Waals surface area contributed by atoms with Crippen molar-refractivity contribution in [2.75, 3.05) is 19.3 Å². The number of likely N-dealkylation sites (tertiary alicyclic amines) is 1. The zero-order valence-electron chi connectivity index (χ0n) is 15.4. The van der Waals surface area contributed by atoms with E-state index in [1.54, 1.807) is 17.2 Å². The molecule has 0 spiro atoms. The highest BCUT2D eigenvalue weighted by Crippen LogP contribution is 2.33. The number of nitrogens with zero attached hydrogens (tertiary/aromatic N) is 2. The molecule has 8 heteroatoms. The first-order chi connectivity index (χ1) is 13.3. The van der Waals surface area contributed by atoms with Gasteiger partial charge in [-0.25, -0.2) is 13.4 Å². The van der Waals surface area contributed by atoms with Crippen LogP contribution in [0, 0.1) is 0 Å². The lowest BCUT2D eigenvalue weighted by molar-refractivity contribution is 0.0709. The maximum atomic E-state index is 13.0. The van der Waals surface area contributed by atoms with Crippen molar-refractivity contribution < 1.29 is 13.2 Å². The normalized spacial score (nSPS) is 15.9. The largest absolute Gasteiger partial charge is 0.346 e. The number of pyridine rings is 1. The molecule has 1 aliphatic heterocycles. The first kappa shape index (κ1) is 19.0. The van der Waals surface area contributed by atoms with Crippen molar-refractivity contribution in [2.24, 2.45) is 0 Å². The van der Waals surface area contributed by atoms with E-state index in [0.29, 0.717) is 24.0 Å². The van der Waals surface area contributed by atoms with E-state index in [2.05, 4.69) is 16.0 Å². The fourth-order valence-corrected chi connectivity index (χ4v) is 4.99. The number of carbonyl (C=O) groups is 1. The number of aromatic amines is 1. The van der Waals surface area contributed by atoms with Gasteiger partial charge >= 0.3 is 0 Å². The van der Waals surface area contributed by atoms with Gasteiger partial charge in [-0.05, 0) is 54.7 Å². The van der Waals surface area contributed by atoms with E-state index in [-0.39, 0.29) is 16.4 Å². The summed E-state index contributed by atoms with van der Waals surface area (Å²) in [5.74, 6) is 0.0673. The monoisotopic (exact) mass is 417 g/mol. The number of sulfone groups is 1. The number of halogens is 1. The highest BCUT2D eigenvalue weighted by atomic mass is 35.5. The molecule has 0 bridgehead atoms. The third kappa shape index (κ3) is 3.52. The van der Waals surface area contributed by atoms with E-state index >= 15 is 0 Å². The van der Waals surface area contributed by atoms with Crippen LogP contribution in [0.4, 0.5) is 0 Å². The molecule has 3 aromatic rings. The second-order valence-electron chi connectivity index (χ2n) is 7.12. The number of hydrogen-bond donors (Lipinski definition) is 1. The van der Waals surface area contributed by atoms with Gasteiger partial charge in [-0.2, -0.15) is 0 Å². The molecular weight excluding hydrogens is 398 g/mol. The molecule has 1 N–H and O–H groups in total. The van der Waals surface area contributed by atoms with Crippen LogP contribution in [0.5, 0.6) is 0 Å². The van der Waals surface area contributed by atoms with Gasteiger partial charge in [0.2, 0.25) is 0 Å². The zero-order valence-corrected chi connectivity index (χ0v) is 16.9. The summed E-state index contributed by atoms with van der Waals surface area (Å²) in [6.07, 6.45) is 6.48. The number of aromatic nitrogens is 2. The second kappa shape index (κ2) is 7.22. The van der Waals surface area contributed by atoms with Gasteiger partial charge in [0.1, 0.15) is 5.65 Å². The number of carbonyl (C=O) groups excluding carboxylic acids is 1. The molecule has 3 heterocycles. The molecule has 0 unspecified atom stereocenters. The number of hydrogen-bond acceptors (Lipinski definition) is 4. The predicted molar refractivity (Wildman–Crippen MR) is 109 cm³/mol. The van der Waals surface area contributed by atoms with Crippen LogP contribution >= 0.6 is 11.6 Å². The topological polar surface area (TPSA) is 83.1 Å². The first-order valence-electron chi connectivity index (χ1n) is 9.05. The van der Waals surface area contributed by atoms with E-state index in [0.717, 1.165) is 30.1 Å². The van der Waals surface area contributed by atoms with E-state index in [4.69, 9.17) is 11.6 Å². The van der Waals surface area contributed by atoms with Gasteiger partial charge in [0.25, 0.3) is 5.91 Å². The smallest absolute Gasteiger partial charge is 0.255 e. The van der Waals surface area contributed by atoms with E-state index in [1.165, 1.54) is 17.7 Å². The molecule has 1 saturated heterocycles. The summed E-state index contributed by atoms with van der Waals surface area (Å²) in [5, 5.41) is 1.41. The molecule has 4 rings (SSSR count). The Morgan fingerprint density at radius 3 is 2.71 bits per heavy atom. The lowest BCUT2D eigenvalue weighted by atomic mass is 9.89. The number of piperidine rings is 1. The van der Waals surface area contributed by atoms with Crippen molar-refractivity contribution in [3.05, 3.63) is 58.9 Å². The molecule has 1 aromatic carbocycles. The Hall–Kier alpha value is -2.38. The fourth-order valence-electron chi connectivity index (χ4n) is 3.86. The quantitative estimate of drug-likeness (QED) is 0.705. The Labute approximate surface area is 168 Å². The minimum atomic E-state index is -3.55. The minimum Gasteiger partial charge on any atom is -0.346 e. The van der Waals surface area contributed by atoms with Gasteiger partial charge in [-0.1, -0.05) is 11.6 Å². The average Bonchev–Trinajstić information content (AvgIpc) is 3.11. The van der Waals surface area contributed by atoms with Crippen molar-refractivity contribution in [2.45, 2.75) is 23.7 Å². The summed E-state index contributed by atoms with van der Waals surface area (Å²) in [5.41, 5.74) is 2.27. The number of fused-ring (bicyclic) bond motifs is 1. The zero-order chi connectivity index (χ0) is 19.9. The molecule has 1 aliphatic rings. The van der Waals surface area contributed by atoms with E-state index in [1.807, 2.05) is 12.3 Å². The number of benzene rings is 1. The van der Waals surface area contributed by atoms with Crippen LogP contribution in [0.1, 0.15) is 34.7 Å². The molecule has 1 amide bonds. The Balaban J connectivity index is 1.54. The molecule has 1 fully saturated rings. The van der Waals surface area contributed by atoms with Crippen LogP contribution in [-0.2, 0) is 9.84 Å². The highest BCUT2D eigenvalue weighted by Gasteiger charge is 2.28. The van der Waals surface area contributed by atoms with Crippen molar-refractivity contribution in [3.8, 4) is 0 Å². The number of rotatable bonds is 3. The lowest BCUT2D eigenvalue weighted by Gasteiger charge is -2.32. The maximum Gasteiger partial charge on any atom is 0.255 e. The number of amides is 1. The minimum absolute atomic E-state index is 0.0187. The summed E-state index contributed by atoms with van der Waals surface area (Å²) >= 11 is 5.94. The Morgan fingerprint density at radius 1 is 1.25 bits per heavy atom. The van der Waals surface area contributed by atoms with Crippen LogP contribution in [0.3, 0.4) is 0 Å². The van der Waals surface area contributed by atoms with Crippen molar-refractivity contribution in [3.63, 3.8) is 0 Å². The van der Waals surface area contributed by atoms with Crippen LogP contribution < -0.4 is 0 Å². The third-order valence-corrected chi connectivity index (χ3v) is 6.65. The van der Waals surface area contributed by atoms with Gasteiger partial charge in [0, 0.05) is 42.1 Å². The molecule has 6 nitrogen and oxygen atoms in total. The van der Waals surface area contributed by atoms with Gasteiger partial charge in [-0.15, -0.1) is 0 Å².